The lowest BCUT2D eigenvalue weighted by Gasteiger charge is -2.40. The highest BCUT2D eigenvalue weighted by molar-refractivity contribution is 5.60. The van der Waals surface area contributed by atoms with Crippen LogP contribution in [0.5, 0.6) is 17.2 Å². The number of rotatable bonds is 7. The van der Waals surface area contributed by atoms with E-state index in [4.69, 9.17) is 14.2 Å². The molecule has 4 rings (SSSR count). The molecule has 1 atom stereocenters. The molecule has 0 saturated heterocycles. The van der Waals surface area contributed by atoms with Gasteiger partial charge in [-0.3, -0.25) is 0 Å². The maximum atomic E-state index is 14.2. The minimum atomic E-state index is -0.240. The van der Waals surface area contributed by atoms with E-state index in [1.165, 1.54) is 11.6 Å². The zero-order valence-electron chi connectivity index (χ0n) is 18.2. The molecule has 31 heavy (non-hydrogen) atoms. The second kappa shape index (κ2) is 9.29. The predicted molar refractivity (Wildman–Crippen MR) is 121 cm³/mol. The van der Waals surface area contributed by atoms with Gasteiger partial charge in [-0.2, -0.15) is 0 Å². The molecule has 0 aromatic heterocycles. The first-order chi connectivity index (χ1) is 15.1. The molecule has 1 heterocycles. The molecule has 5 heteroatoms. The quantitative estimate of drug-likeness (QED) is 0.484. The Morgan fingerprint density at radius 2 is 1.65 bits per heavy atom. The van der Waals surface area contributed by atoms with Crippen LogP contribution >= 0.6 is 0 Å². The molecular formula is C26H28FNO3. The van der Waals surface area contributed by atoms with E-state index in [2.05, 4.69) is 17.0 Å². The van der Waals surface area contributed by atoms with Crippen LogP contribution in [0.1, 0.15) is 36.6 Å². The van der Waals surface area contributed by atoms with Crippen molar-refractivity contribution < 1.29 is 18.6 Å². The number of hydrogen-bond donors (Lipinski definition) is 0. The highest BCUT2D eigenvalue weighted by atomic mass is 19.1. The van der Waals surface area contributed by atoms with Gasteiger partial charge >= 0.3 is 0 Å². The molecule has 162 valence electrons. The van der Waals surface area contributed by atoms with Crippen molar-refractivity contribution in [2.24, 2.45) is 0 Å². The van der Waals surface area contributed by atoms with Gasteiger partial charge in [-0.15, -0.1) is 0 Å². The summed E-state index contributed by atoms with van der Waals surface area (Å²) < 4.78 is 31.3. The number of anilines is 1. The van der Waals surface area contributed by atoms with Crippen LogP contribution in [0.25, 0.3) is 0 Å². The molecule has 0 bridgehead atoms. The van der Waals surface area contributed by atoms with Gasteiger partial charge in [0.05, 0.1) is 26.4 Å². The van der Waals surface area contributed by atoms with Crippen molar-refractivity contribution in [1.82, 2.24) is 0 Å². The van der Waals surface area contributed by atoms with Crippen LogP contribution in [0, 0.1) is 5.82 Å². The fraction of sp³-hybridized carbons (Fsp3) is 0.308. The maximum absolute atomic E-state index is 14.2. The van der Waals surface area contributed by atoms with Crippen LogP contribution in [-0.4, -0.2) is 26.9 Å². The van der Waals surface area contributed by atoms with Crippen molar-refractivity contribution in [3.63, 3.8) is 0 Å². The van der Waals surface area contributed by atoms with Gasteiger partial charge in [0.15, 0.2) is 11.5 Å². The van der Waals surface area contributed by atoms with E-state index in [-0.39, 0.29) is 11.9 Å². The number of hydrogen-bond acceptors (Lipinski definition) is 4. The van der Waals surface area contributed by atoms with Crippen molar-refractivity contribution in [3.8, 4) is 17.2 Å². The van der Waals surface area contributed by atoms with E-state index >= 15 is 0 Å². The maximum Gasteiger partial charge on any atom is 0.161 e. The van der Waals surface area contributed by atoms with E-state index in [9.17, 15) is 4.39 Å². The fourth-order valence-corrected chi connectivity index (χ4v) is 4.25. The van der Waals surface area contributed by atoms with Gasteiger partial charge in [0.1, 0.15) is 11.6 Å². The molecule has 4 nitrogen and oxygen atoms in total. The van der Waals surface area contributed by atoms with Crippen molar-refractivity contribution in [3.05, 3.63) is 83.2 Å². The van der Waals surface area contributed by atoms with E-state index in [1.807, 2.05) is 44.2 Å². The largest absolute Gasteiger partial charge is 0.497 e. The summed E-state index contributed by atoms with van der Waals surface area (Å²) in [6.07, 6.45) is 0.861. The topological polar surface area (TPSA) is 30.9 Å². The summed E-state index contributed by atoms with van der Waals surface area (Å²) in [6.45, 7) is 5.86. The number of ether oxygens (including phenoxy) is 3. The van der Waals surface area contributed by atoms with Crippen molar-refractivity contribution in [2.45, 2.75) is 26.3 Å². The normalized spacial score (nSPS) is 15.4. The smallest absolute Gasteiger partial charge is 0.161 e. The van der Waals surface area contributed by atoms with Crippen molar-refractivity contribution in [1.29, 1.82) is 0 Å². The fourth-order valence-electron chi connectivity index (χ4n) is 4.25. The number of fused-ring (bicyclic) bond motifs is 1. The lowest BCUT2D eigenvalue weighted by molar-refractivity contribution is 0.286. The van der Waals surface area contributed by atoms with Gasteiger partial charge in [-0.05, 0) is 85.5 Å². The van der Waals surface area contributed by atoms with Crippen LogP contribution in [0.15, 0.2) is 60.7 Å². The third-order valence-corrected chi connectivity index (χ3v) is 5.60. The SMILES string of the molecule is CCOc1cc2c(cc1OCC)C(c1cccc(F)c1)N(c1ccc(OC)cc1)CC2. The first kappa shape index (κ1) is 21.0. The van der Waals surface area contributed by atoms with E-state index in [0.717, 1.165) is 47.0 Å². The van der Waals surface area contributed by atoms with E-state index in [0.29, 0.717) is 13.2 Å². The van der Waals surface area contributed by atoms with Crippen molar-refractivity contribution >= 4 is 5.69 Å². The van der Waals surface area contributed by atoms with Crippen LogP contribution in [0.4, 0.5) is 10.1 Å². The third kappa shape index (κ3) is 4.31. The average Bonchev–Trinajstić information content (AvgIpc) is 2.79. The molecule has 0 N–H and O–H groups in total. The summed E-state index contributed by atoms with van der Waals surface area (Å²) in [4.78, 5) is 2.31. The number of methoxy groups -OCH3 is 1. The van der Waals surface area contributed by atoms with Crippen LogP contribution in [-0.2, 0) is 6.42 Å². The molecule has 3 aromatic rings. The number of halogens is 1. The summed E-state index contributed by atoms with van der Waals surface area (Å²) in [6, 6.07) is 18.9. The first-order valence-corrected chi connectivity index (χ1v) is 10.7. The Hall–Kier alpha value is -3.21. The lowest BCUT2D eigenvalue weighted by Crippen LogP contribution is -2.36. The molecule has 0 amide bonds. The summed E-state index contributed by atoms with van der Waals surface area (Å²) in [5.74, 6) is 2.05. The monoisotopic (exact) mass is 421 g/mol. The Morgan fingerprint density at radius 3 is 2.29 bits per heavy atom. The molecule has 3 aromatic carbocycles. The van der Waals surface area contributed by atoms with Crippen molar-refractivity contribution in [2.75, 3.05) is 31.8 Å². The summed E-state index contributed by atoms with van der Waals surface area (Å²) in [5.41, 5.74) is 4.28. The molecule has 1 aliphatic heterocycles. The van der Waals surface area contributed by atoms with Gasteiger partial charge in [0.2, 0.25) is 0 Å². The van der Waals surface area contributed by atoms with E-state index in [1.54, 1.807) is 19.2 Å². The van der Waals surface area contributed by atoms with Crippen LogP contribution in [0.2, 0.25) is 0 Å². The minimum absolute atomic E-state index is 0.136. The van der Waals surface area contributed by atoms with Gasteiger partial charge in [-0.25, -0.2) is 4.39 Å². The second-order valence-corrected chi connectivity index (χ2v) is 7.46. The summed E-state index contributed by atoms with van der Waals surface area (Å²) >= 11 is 0. The zero-order valence-corrected chi connectivity index (χ0v) is 18.2. The minimum Gasteiger partial charge on any atom is -0.497 e. The Morgan fingerprint density at radius 1 is 0.935 bits per heavy atom. The number of benzene rings is 3. The number of nitrogens with zero attached hydrogens (tertiary/aromatic N) is 1. The third-order valence-electron chi connectivity index (χ3n) is 5.60. The summed E-state index contributed by atoms with van der Waals surface area (Å²) in [5, 5.41) is 0. The van der Waals surface area contributed by atoms with Gasteiger partial charge < -0.3 is 19.1 Å². The Labute approximate surface area is 183 Å². The highest BCUT2D eigenvalue weighted by Crippen LogP contribution is 2.43. The lowest BCUT2D eigenvalue weighted by atomic mass is 9.87. The first-order valence-electron chi connectivity index (χ1n) is 10.7. The van der Waals surface area contributed by atoms with Crippen LogP contribution < -0.4 is 19.1 Å². The summed E-state index contributed by atoms with van der Waals surface area (Å²) in [7, 11) is 1.66. The molecule has 1 unspecified atom stereocenters. The van der Waals surface area contributed by atoms with Gasteiger partial charge in [0.25, 0.3) is 0 Å². The molecule has 0 spiro atoms. The molecule has 1 aliphatic rings. The molecule has 0 saturated carbocycles. The Kier molecular flexibility index (Phi) is 6.31. The average molecular weight is 422 g/mol. The van der Waals surface area contributed by atoms with Crippen LogP contribution in [0.3, 0.4) is 0 Å². The molecular weight excluding hydrogens is 393 g/mol. The zero-order chi connectivity index (χ0) is 21.8. The van der Waals surface area contributed by atoms with Gasteiger partial charge in [-0.1, -0.05) is 12.1 Å². The van der Waals surface area contributed by atoms with E-state index < -0.39 is 0 Å². The molecule has 0 radical (unpaired) electrons. The standard InChI is InChI=1S/C26H28FNO3/c1-4-30-24-16-18-13-14-28(21-9-11-22(29-3)12-10-21)26(19-7-6-8-20(27)15-19)23(18)17-25(24)31-5-2/h6-12,15-17,26H,4-5,13-14H2,1-3H3. The highest BCUT2D eigenvalue weighted by Gasteiger charge is 2.31. The molecule has 0 fully saturated rings. The predicted octanol–water partition coefficient (Wildman–Crippen LogP) is 5.78. The Balaban J connectivity index is 1.85. The van der Waals surface area contributed by atoms with Gasteiger partial charge in [0, 0.05) is 12.2 Å². The second-order valence-electron chi connectivity index (χ2n) is 7.46. The molecule has 0 aliphatic carbocycles. The Bertz CT molecular complexity index is 1040.